The number of carbonyl (C=O) groups is 4. The van der Waals surface area contributed by atoms with Crippen molar-refractivity contribution >= 4 is 86.0 Å². The average Bonchev–Trinajstić information content (AvgIpc) is 3.86. The Bertz CT molecular complexity index is 1730. The van der Waals surface area contributed by atoms with E-state index in [-0.39, 0.29) is 106 Å². The third-order valence-electron chi connectivity index (χ3n) is 11.3. The van der Waals surface area contributed by atoms with Crippen LogP contribution in [0.25, 0.3) is 0 Å². The molecule has 0 aromatic carbocycles. The van der Waals surface area contributed by atoms with Gasteiger partial charge in [0, 0.05) is 103 Å². The van der Waals surface area contributed by atoms with Gasteiger partial charge in [-0.3, -0.25) is 33.4 Å². The summed E-state index contributed by atoms with van der Waals surface area (Å²) in [5.41, 5.74) is 0. The molecule has 0 spiro atoms. The molecule has 398 valence electrons. The molecule has 0 saturated carbocycles. The van der Waals surface area contributed by atoms with Gasteiger partial charge in [-0.25, -0.2) is 9.34 Å². The third kappa shape index (κ3) is 24.1. The molecule has 4 saturated heterocycles. The molecule has 12 atom stereocenters. The Balaban J connectivity index is 0.000000370. The van der Waals surface area contributed by atoms with Crippen molar-refractivity contribution in [3.63, 3.8) is 0 Å². The molecule has 12 radical (unpaired) electrons. The number of nitrogens with one attached hydrogen (secondary N) is 4. The average molecular weight is 1050 g/mol. The van der Waals surface area contributed by atoms with Crippen LogP contribution in [-0.2, 0) is 65.8 Å². The van der Waals surface area contributed by atoms with Crippen LogP contribution in [0.4, 0.5) is 0 Å². The maximum Gasteiger partial charge on any atom is 0.345 e. The van der Waals surface area contributed by atoms with E-state index in [1.54, 1.807) is 44.6 Å². The van der Waals surface area contributed by atoms with Gasteiger partial charge in [-0.05, 0) is 67.6 Å². The van der Waals surface area contributed by atoms with E-state index in [0.29, 0.717) is 58.7 Å². The summed E-state index contributed by atoms with van der Waals surface area (Å²) in [5, 5.41) is 11.0. The van der Waals surface area contributed by atoms with Crippen LogP contribution in [-0.4, -0.2) is 296 Å². The molecule has 4 N–H and O–H groups in total. The molecule has 0 aromatic rings. The van der Waals surface area contributed by atoms with Crippen LogP contribution in [0.5, 0.6) is 0 Å². The van der Waals surface area contributed by atoms with Gasteiger partial charge in [0.15, 0.2) is 0 Å². The monoisotopic (exact) mass is 1050 g/mol. The minimum Gasteiger partial charge on any atom is -0.766 e. The lowest BCUT2D eigenvalue weighted by Crippen LogP contribution is -2.50. The fraction of sp³-hybridized carbons (Fsp3) is 0.900. The molecule has 2 unspecified atom stereocenters. The van der Waals surface area contributed by atoms with Gasteiger partial charge in [0.05, 0.1) is 79.6 Å². The van der Waals surface area contributed by atoms with E-state index in [2.05, 4.69) is 25.9 Å². The summed E-state index contributed by atoms with van der Waals surface area (Å²) in [6.07, 6.45) is -0.769. The number of ketones is 1. The van der Waals surface area contributed by atoms with E-state index in [0.717, 1.165) is 0 Å². The number of ether oxygens (including phenoxy) is 6. The van der Waals surface area contributed by atoms with Crippen molar-refractivity contribution in [3.8, 4) is 0 Å². The summed E-state index contributed by atoms with van der Waals surface area (Å²) in [7, 11) is 38.3. The summed E-state index contributed by atoms with van der Waals surface area (Å²) in [5.74, 6) is -1.23. The molecule has 24 nitrogen and oxygen atoms in total. The first-order valence-corrected chi connectivity index (χ1v) is 26.8. The van der Waals surface area contributed by atoms with Crippen LogP contribution >= 0.6 is 15.4 Å². The van der Waals surface area contributed by atoms with Gasteiger partial charge in [-0.1, -0.05) is 0 Å². The number of likely N-dealkylation sites (N-methyl/N-ethyl adjacent to an activating group) is 3. The molecular formula is C40H74B6N9O15P2-. The molecule has 4 aliphatic heterocycles. The Hall–Kier alpha value is -1.67. The Morgan fingerprint density at radius 1 is 0.708 bits per heavy atom. The van der Waals surface area contributed by atoms with Crippen LogP contribution in [0, 0.1) is 0 Å². The Morgan fingerprint density at radius 2 is 1.25 bits per heavy atom. The molecule has 4 rings (SSSR count). The van der Waals surface area contributed by atoms with Gasteiger partial charge in [-0.2, -0.15) is 0 Å². The number of Topliss-reactive ketones (excluding diaryl/α,β-unsaturated/α-hetero) is 1. The minimum absolute atomic E-state index is 0.0468. The molecule has 0 aromatic heterocycles. The number of rotatable bonds is 27. The first kappa shape index (κ1) is 66.4. The zero-order valence-corrected chi connectivity index (χ0v) is 45.0. The smallest absolute Gasteiger partial charge is 0.345 e. The van der Waals surface area contributed by atoms with Gasteiger partial charge >= 0.3 is 7.67 Å². The number of amides is 3. The molecule has 32 heteroatoms. The van der Waals surface area contributed by atoms with E-state index in [4.69, 9.17) is 84.5 Å². The van der Waals surface area contributed by atoms with Gasteiger partial charge in [-0.15, -0.1) is 0 Å². The van der Waals surface area contributed by atoms with Gasteiger partial charge in [0.2, 0.25) is 25.5 Å². The SMILES string of the molecule is [B]CC(=O)N(CCNC(=O)CN(CCNC)C(=O)C[B])CC(C)=O.[B][C@H]1CN(C)C[C@@H](COP(=O)(N(C)C)N2C[C@@H](COC)O[C@@H]([B])C2)O1.[B][C@H]1C[C@H](NC)[C@@H](COP(=O)([O-])N[C@H]2C[C@H]([B])O[C@@H]2COC)O1. The molecule has 4 aliphatic rings. The topological polar surface area (TPSA) is 264 Å². The van der Waals surface area contributed by atoms with Crippen molar-refractivity contribution in [2.24, 2.45) is 0 Å². The second-order valence-corrected chi connectivity index (χ2v) is 21.9. The standard InChI is InChI=1S/C14H24B2N4O4.C14H28B2N3O5P.C12H23B2N2O6P/c1-11(21)9-19(13(23)7-15)6-4-18-12(22)10-20(5-3-17-2)14(24)8-16;1-17(2)25(20,19-6-12(9-21-4)24-14(16)8-19)22-10-11-5-18(3)7-13(15)23-11;1-15-7-3-11(13)22-10(7)6-20-23(17,18)16-8-4-12(14)21-9(8)5-19-2/h17H,3-10H2,1-2H3,(H,18,22);11-14H,5-10H2,1-4H3;7-12,15H,3-6H2,1-2H3,(H2,16,17,18)/p-1/t;11-,12-,13+,14+,25?;7-,8-,9+,10+,11+,12+/m.00/s1. The summed E-state index contributed by atoms with van der Waals surface area (Å²) in [6.45, 7) is 5.22. The molecule has 4 heterocycles. The van der Waals surface area contributed by atoms with Crippen LogP contribution in [0.2, 0.25) is 12.6 Å². The van der Waals surface area contributed by atoms with Gasteiger partial charge < -0.3 is 73.0 Å². The van der Waals surface area contributed by atoms with Gasteiger partial charge in [0.1, 0.15) is 37.2 Å². The molecular weight excluding hydrogens is 973 g/mol. The van der Waals surface area contributed by atoms with Crippen LogP contribution in [0.15, 0.2) is 0 Å². The molecule has 0 bridgehead atoms. The van der Waals surface area contributed by atoms with Crippen LogP contribution in [0.3, 0.4) is 0 Å². The maximum atomic E-state index is 13.5. The summed E-state index contributed by atoms with van der Waals surface area (Å²) in [4.78, 5) is 63.2. The zero-order chi connectivity index (χ0) is 54.2. The highest BCUT2D eigenvalue weighted by molar-refractivity contribution is 7.53. The van der Waals surface area contributed by atoms with E-state index < -0.39 is 51.7 Å². The number of methoxy groups -OCH3 is 2. The van der Waals surface area contributed by atoms with Crippen molar-refractivity contribution in [1.82, 2.24) is 45.1 Å². The van der Waals surface area contributed by atoms with Crippen molar-refractivity contribution in [1.29, 1.82) is 0 Å². The summed E-state index contributed by atoms with van der Waals surface area (Å²) in [6, 6.07) is -2.40. The van der Waals surface area contributed by atoms with E-state index >= 15 is 0 Å². The molecule has 0 aliphatic carbocycles. The van der Waals surface area contributed by atoms with Crippen molar-refractivity contribution < 1.29 is 70.7 Å². The zero-order valence-electron chi connectivity index (χ0n) is 43.2. The maximum absolute atomic E-state index is 13.5. The number of carbonyl (C=O) groups excluding carboxylic acids is 4. The summed E-state index contributed by atoms with van der Waals surface area (Å²) < 4.78 is 72.3. The lowest BCUT2D eigenvalue weighted by Gasteiger charge is -2.43. The summed E-state index contributed by atoms with van der Waals surface area (Å²) >= 11 is 0. The second kappa shape index (κ2) is 34.2. The Kier molecular flexibility index (Phi) is 31.5. The van der Waals surface area contributed by atoms with Crippen LogP contribution in [0.1, 0.15) is 19.8 Å². The highest BCUT2D eigenvalue weighted by Crippen LogP contribution is 2.53. The van der Waals surface area contributed by atoms with Crippen LogP contribution < -0.4 is 25.9 Å². The second-order valence-electron chi connectivity index (χ2n) is 17.7. The largest absolute Gasteiger partial charge is 0.766 e. The van der Waals surface area contributed by atoms with E-state index in [1.807, 2.05) is 7.05 Å². The normalized spacial score (nSPS) is 28.4. The highest BCUT2D eigenvalue weighted by atomic mass is 31.2. The number of nitrogens with zero attached hydrogens (tertiary/aromatic N) is 5. The molecule has 3 amide bonds. The quantitative estimate of drug-likeness (QED) is 0.0445. The van der Waals surface area contributed by atoms with E-state index in [1.165, 1.54) is 23.8 Å². The Labute approximate surface area is 434 Å². The number of hydrogen-bond acceptors (Lipinski definition) is 18. The first-order chi connectivity index (χ1) is 33.9. The van der Waals surface area contributed by atoms with Crippen molar-refractivity contribution in [2.75, 3.05) is 141 Å². The fourth-order valence-corrected chi connectivity index (χ4v) is 11.0. The predicted octanol–water partition coefficient (Wildman–Crippen LogP) is -4.69. The first-order valence-electron chi connectivity index (χ1n) is 23.7. The van der Waals surface area contributed by atoms with Crippen molar-refractivity contribution in [3.05, 3.63) is 0 Å². The van der Waals surface area contributed by atoms with Crippen molar-refractivity contribution in [2.45, 2.75) is 92.9 Å². The van der Waals surface area contributed by atoms with E-state index in [9.17, 15) is 33.2 Å². The number of morpholine rings is 2. The molecule has 4 fully saturated rings. The predicted molar refractivity (Wildman–Crippen MR) is 272 cm³/mol. The lowest BCUT2D eigenvalue weighted by atomic mass is 9.95. The fourth-order valence-electron chi connectivity index (χ4n) is 7.92. The lowest BCUT2D eigenvalue weighted by molar-refractivity contribution is -0.205. The molecule has 72 heavy (non-hydrogen) atoms. The Morgan fingerprint density at radius 3 is 1.78 bits per heavy atom. The highest BCUT2D eigenvalue weighted by Gasteiger charge is 2.41. The third-order valence-corrected chi connectivity index (χ3v) is 15.0. The number of hydrogen-bond donors (Lipinski definition) is 4. The minimum atomic E-state index is -4.28. The van der Waals surface area contributed by atoms with Gasteiger partial charge in [0.25, 0.3) is 0 Å².